The van der Waals surface area contributed by atoms with Crippen LogP contribution in [0.2, 0.25) is 0 Å². The van der Waals surface area contributed by atoms with E-state index in [-0.39, 0.29) is 6.61 Å². The maximum absolute atomic E-state index is 10.0. The predicted molar refractivity (Wildman–Crippen MR) is 117 cm³/mol. The Kier molecular flexibility index (Phi) is 6.85. The van der Waals surface area contributed by atoms with Gasteiger partial charge in [-0.2, -0.15) is 0 Å². The van der Waals surface area contributed by atoms with Gasteiger partial charge >= 0.3 is 0 Å². The van der Waals surface area contributed by atoms with Crippen LogP contribution in [0, 0.1) is 0 Å². The number of hydrogen-bond acceptors (Lipinski definition) is 7. The van der Waals surface area contributed by atoms with Gasteiger partial charge in [-0.25, -0.2) is 4.99 Å². The average Bonchev–Trinajstić information content (AvgIpc) is 3.02. The maximum atomic E-state index is 10.0. The summed E-state index contributed by atoms with van der Waals surface area (Å²) in [5.74, 6) is 2.04. The zero-order chi connectivity index (χ0) is 21.3. The van der Waals surface area contributed by atoms with Crippen molar-refractivity contribution >= 4 is 23.1 Å². The molecule has 3 aromatic rings. The van der Waals surface area contributed by atoms with Crippen molar-refractivity contribution in [1.29, 1.82) is 0 Å². The summed E-state index contributed by atoms with van der Waals surface area (Å²) < 4.78 is 22.1. The van der Waals surface area contributed by atoms with Gasteiger partial charge in [0.1, 0.15) is 42.7 Å². The Morgan fingerprint density at radius 1 is 1.06 bits per heavy atom. The van der Waals surface area contributed by atoms with Crippen molar-refractivity contribution in [3.8, 4) is 11.5 Å². The highest BCUT2D eigenvalue weighted by Gasteiger charge is 2.10. The first-order valence-corrected chi connectivity index (χ1v) is 9.89. The number of ether oxygens (including phenoxy) is 3. The fraction of sp³-hybridized carbons (Fsp3) is 0.208. The topological polar surface area (TPSA) is 85.5 Å². The zero-order valence-electron chi connectivity index (χ0n) is 16.8. The highest BCUT2D eigenvalue weighted by atomic mass is 16.5. The van der Waals surface area contributed by atoms with E-state index in [1.54, 1.807) is 0 Å². The number of benzene rings is 2. The van der Waals surface area contributed by atoms with Gasteiger partial charge in [-0.05, 0) is 47.9 Å². The second-order valence-electron chi connectivity index (χ2n) is 6.75. The van der Waals surface area contributed by atoms with Gasteiger partial charge in [0.2, 0.25) is 0 Å². The molecule has 1 atom stereocenters. The summed E-state index contributed by atoms with van der Waals surface area (Å²) in [6.07, 6.45) is 2.08. The number of nitrogens with zero attached hydrogens (tertiary/aromatic N) is 1. The summed E-state index contributed by atoms with van der Waals surface area (Å²) in [4.78, 5) is 4.13. The van der Waals surface area contributed by atoms with Gasteiger partial charge in [-0.15, -0.1) is 0 Å². The fourth-order valence-corrected chi connectivity index (χ4v) is 2.91. The third-order valence-electron chi connectivity index (χ3n) is 4.39. The van der Waals surface area contributed by atoms with Crippen molar-refractivity contribution in [1.82, 2.24) is 5.32 Å². The first-order valence-electron chi connectivity index (χ1n) is 9.89. The molecule has 7 heteroatoms. The van der Waals surface area contributed by atoms with Gasteiger partial charge in [-0.1, -0.05) is 18.2 Å². The monoisotopic (exact) mass is 418 g/mol. The Morgan fingerprint density at radius 2 is 1.97 bits per heavy atom. The average molecular weight is 418 g/mol. The standard InChI is InChI=1S/C24H22N2O5/c27-19(16-30-20-5-2-1-3-6-20)15-25-10-12-29-21-8-9-23-18(13-21)14-24(31-23)22-7-4-11-28-17-26-22/h1-3,5-6,8-9,11,13-14,17,19,25,27H,10,12,15-16H2/t19-/m0/s1. The first kappa shape index (κ1) is 20.5. The molecule has 1 aliphatic rings. The van der Waals surface area contributed by atoms with E-state index in [1.165, 1.54) is 12.7 Å². The van der Waals surface area contributed by atoms with Gasteiger partial charge in [-0.3, -0.25) is 0 Å². The van der Waals surface area contributed by atoms with Crippen LogP contribution in [0.4, 0.5) is 0 Å². The molecule has 0 spiro atoms. The predicted octanol–water partition coefficient (Wildman–Crippen LogP) is 3.51. The summed E-state index contributed by atoms with van der Waals surface area (Å²) in [7, 11) is 0. The largest absolute Gasteiger partial charge is 0.492 e. The minimum Gasteiger partial charge on any atom is -0.492 e. The Labute approximate surface area is 179 Å². The Bertz CT molecular complexity index is 1140. The van der Waals surface area contributed by atoms with Crippen LogP contribution in [0.5, 0.6) is 11.5 Å². The normalized spacial score (nSPS) is 13.5. The Hall–Kier alpha value is -3.73. The zero-order valence-corrected chi connectivity index (χ0v) is 16.8. The number of aliphatic imine (C=N–C) groups is 1. The molecule has 4 rings (SSSR count). The van der Waals surface area contributed by atoms with Crippen molar-refractivity contribution in [2.45, 2.75) is 6.10 Å². The van der Waals surface area contributed by atoms with E-state index >= 15 is 0 Å². The SMILES string of the molecule is O[C@@H](CNCCOc1ccc2oc(C3=C=C=COC=N3)cc2c1)COc1ccccc1. The number of aliphatic hydroxyl groups excluding tert-OH is 1. The minimum absolute atomic E-state index is 0.231. The van der Waals surface area contributed by atoms with E-state index in [9.17, 15) is 5.11 Å². The third kappa shape index (κ3) is 5.89. The molecule has 2 heterocycles. The number of rotatable bonds is 10. The lowest BCUT2D eigenvalue weighted by molar-refractivity contribution is 0.105. The molecule has 0 aliphatic carbocycles. The number of nitrogens with one attached hydrogen (secondary N) is 1. The number of fused-ring (bicyclic) bond motifs is 1. The van der Waals surface area contributed by atoms with E-state index in [0.717, 1.165) is 22.5 Å². The molecule has 0 radical (unpaired) electrons. The van der Waals surface area contributed by atoms with Crippen molar-refractivity contribution in [3.63, 3.8) is 0 Å². The number of hydrogen-bond donors (Lipinski definition) is 2. The van der Waals surface area contributed by atoms with Crippen LogP contribution in [0.1, 0.15) is 5.76 Å². The minimum atomic E-state index is -0.601. The van der Waals surface area contributed by atoms with Gasteiger partial charge in [0.25, 0.3) is 0 Å². The van der Waals surface area contributed by atoms with Gasteiger partial charge in [0.05, 0.1) is 0 Å². The summed E-state index contributed by atoms with van der Waals surface area (Å²) in [5, 5.41) is 14.1. The molecule has 0 unspecified atom stereocenters. The molecular weight excluding hydrogens is 396 g/mol. The molecule has 0 saturated heterocycles. The lowest BCUT2D eigenvalue weighted by atomic mass is 10.2. The van der Waals surface area contributed by atoms with Crippen LogP contribution in [-0.2, 0) is 4.74 Å². The molecule has 158 valence electrons. The molecule has 2 aromatic carbocycles. The number of para-hydroxylation sites is 1. The second-order valence-corrected chi connectivity index (χ2v) is 6.75. The van der Waals surface area contributed by atoms with E-state index in [1.807, 2.05) is 54.6 Å². The fourth-order valence-electron chi connectivity index (χ4n) is 2.91. The molecule has 0 saturated carbocycles. The van der Waals surface area contributed by atoms with E-state index in [0.29, 0.717) is 31.2 Å². The van der Waals surface area contributed by atoms with Crippen LogP contribution in [0.25, 0.3) is 16.7 Å². The van der Waals surface area contributed by atoms with Crippen molar-refractivity contribution in [3.05, 3.63) is 78.1 Å². The van der Waals surface area contributed by atoms with Gasteiger partial charge < -0.3 is 29.1 Å². The Morgan fingerprint density at radius 3 is 2.87 bits per heavy atom. The van der Waals surface area contributed by atoms with Crippen molar-refractivity contribution in [2.75, 3.05) is 26.3 Å². The van der Waals surface area contributed by atoms with Crippen molar-refractivity contribution < 1.29 is 23.7 Å². The van der Waals surface area contributed by atoms with Crippen LogP contribution in [0.15, 0.2) is 81.7 Å². The molecule has 1 aliphatic heterocycles. The third-order valence-corrected chi connectivity index (χ3v) is 4.39. The molecule has 2 N–H and O–H groups in total. The highest BCUT2D eigenvalue weighted by molar-refractivity contribution is 5.83. The first-order chi connectivity index (χ1) is 15.3. The summed E-state index contributed by atoms with van der Waals surface area (Å²) in [6.45, 7) is 1.70. The lowest BCUT2D eigenvalue weighted by Crippen LogP contribution is -2.33. The van der Waals surface area contributed by atoms with Gasteiger partial charge in [0, 0.05) is 18.5 Å². The molecule has 31 heavy (non-hydrogen) atoms. The van der Waals surface area contributed by atoms with Crippen molar-refractivity contribution in [2.24, 2.45) is 4.99 Å². The molecule has 0 bridgehead atoms. The maximum Gasteiger partial charge on any atom is 0.182 e. The smallest absolute Gasteiger partial charge is 0.182 e. The number of aliphatic hydroxyl groups is 1. The van der Waals surface area contributed by atoms with E-state index < -0.39 is 6.10 Å². The summed E-state index contributed by atoms with van der Waals surface area (Å²) in [5.41, 5.74) is 6.84. The molecular formula is C24H22N2O5. The molecule has 0 amide bonds. The van der Waals surface area contributed by atoms with Crippen LogP contribution >= 0.6 is 0 Å². The van der Waals surface area contributed by atoms with Crippen LogP contribution in [-0.4, -0.2) is 43.9 Å². The summed E-state index contributed by atoms with van der Waals surface area (Å²) >= 11 is 0. The second kappa shape index (κ2) is 10.3. The summed E-state index contributed by atoms with van der Waals surface area (Å²) in [6, 6.07) is 16.9. The molecule has 7 nitrogen and oxygen atoms in total. The van der Waals surface area contributed by atoms with Crippen LogP contribution in [0.3, 0.4) is 0 Å². The van der Waals surface area contributed by atoms with E-state index in [2.05, 4.69) is 21.8 Å². The molecule has 0 fully saturated rings. The van der Waals surface area contributed by atoms with Crippen LogP contribution < -0.4 is 14.8 Å². The Balaban J connectivity index is 1.22. The molecule has 1 aromatic heterocycles. The van der Waals surface area contributed by atoms with E-state index in [4.69, 9.17) is 18.6 Å². The van der Waals surface area contributed by atoms with Gasteiger partial charge in [0.15, 0.2) is 17.9 Å². The highest BCUT2D eigenvalue weighted by Crippen LogP contribution is 2.28. The lowest BCUT2D eigenvalue weighted by Gasteiger charge is -2.13. The quantitative estimate of drug-likeness (QED) is 0.387. The number of furan rings is 1.